The zero-order valence-electron chi connectivity index (χ0n) is 11.7. The Labute approximate surface area is 122 Å². The van der Waals surface area contributed by atoms with Gasteiger partial charge in [-0.05, 0) is 37.8 Å². The molecular weight excluding hydrogens is 274 g/mol. The van der Waals surface area contributed by atoms with Gasteiger partial charge < -0.3 is 15.7 Å². The Morgan fingerprint density at radius 2 is 2.19 bits per heavy atom. The predicted molar refractivity (Wildman–Crippen MR) is 78.3 cm³/mol. The Balaban J connectivity index is 2.41. The minimum absolute atomic E-state index is 0.0204. The Hall–Kier alpha value is -2.15. The van der Waals surface area contributed by atoms with Crippen LogP contribution < -0.4 is 10.6 Å². The van der Waals surface area contributed by atoms with Gasteiger partial charge in [0.1, 0.15) is 5.69 Å². The number of primary amides is 1. The first-order valence-electron chi connectivity index (χ1n) is 7.00. The normalized spacial score (nSPS) is 14.5. The number of nitrogens with zero attached hydrogens (tertiary/aromatic N) is 2. The predicted octanol–water partition coefficient (Wildman–Crippen LogP) is 1.43. The van der Waals surface area contributed by atoms with E-state index in [0.717, 1.165) is 19.3 Å². The van der Waals surface area contributed by atoms with Crippen LogP contribution in [0.5, 0.6) is 0 Å². The number of carbonyl (C=O) groups excluding carboxylic acids is 1. The van der Waals surface area contributed by atoms with Crippen LogP contribution in [0.15, 0.2) is 18.2 Å². The highest BCUT2D eigenvalue weighted by molar-refractivity contribution is 5.94. The van der Waals surface area contributed by atoms with Gasteiger partial charge in [-0.15, -0.1) is 0 Å². The molecule has 0 atom stereocenters. The van der Waals surface area contributed by atoms with E-state index in [0.29, 0.717) is 18.7 Å². The number of rotatable bonds is 7. The zero-order chi connectivity index (χ0) is 15.4. The summed E-state index contributed by atoms with van der Waals surface area (Å²) >= 11 is 0. The number of nitrogens with two attached hydrogens (primary N) is 1. The van der Waals surface area contributed by atoms with E-state index in [4.69, 9.17) is 10.8 Å². The number of hydrogen-bond acceptors (Lipinski definition) is 5. The van der Waals surface area contributed by atoms with Crippen LogP contribution >= 0.6 is 0 Å². The first-order valence-corrected chi connectivity index (χ1v) is 7.00. The lowest BCUT2D eigenvalue weighted by Crippen LogP contribution is -2.41. The second-order valence-corrected chi connectivity index (χ2v) is 5.18. The maximum Gasteiger partial charge on any atom is 0.292 e. The molecule has 7 nitrogen and oxygen atoms in total. The van der Waals surface area contributed by atoms with Gasteiger partial charge in [-0.25, -0.2) is 0 Å². The van der Waals surface area contributed by atoms with Gasteiger partial charge in [0.2, 0.25) is 5.91 Å². The molecule has 0 aromatic heterocycles. The molecule has 1 aliphatic carbocycles. The van der Waals surface area contributed by atoms with Crippen LogP contribution in [0.3, 0.4) is 0 Å². The Bertz CT molecular complexity index is 543. The first kappa shape index (κ1) is 15.2. The maximum absolute atomic E-state index is 11.3. The molecule has 1 aliphatic rings. The highest BCUT2D eigenvalue weighted by Crippen LogP contribution is 2.36. The van der Waals surface area contributed by atoms with E-state index in [1.807, 2.05) is 4.90 Å². The highest BCUT2D eigenvalue weighted by Gasteiger charge is 2.30. The van der Waals surface area contributed by atoms with Crippen LogP contribution in [-0.2, 0) is 0 Å². The number of anilines is 1. The van der Waals surface area contributed by atoms with E-state index in [1.54, 1.807) is 0 Å². The molecule has 114 valence electrons. The first-order chi connectivity index (χ1) is 10.0. The Morgan fingerprint density at radius 3 is 2.67 bits per heavy atom. The van der Waals surface area contributed by atoms with Crippen molar-refractivity contribution in [3.63, 3.8) is 0 Å². The molecule has 0 radical (unpaired) electrons. The van der Waals surface area contributed by atoms with Gasteiger partial charge in [0.25, 0.3) is 5.69 Å². The third kappa shape index (κ3) is 3.30. The van der Waals surface area contributed by atoms with Crippen molar-refractivity contribution in [3.8, 4) is 0 Å². The number of aliphatic hydroxyl groups excluding tert-OH is 1. The Morgan fingerprint density at radius 1 is 1.48 bits per heavy atom. The summed E-state index contributed by atoms with van der Waals surface area (Å²) in [7, 11) is 0. The summed E-state index contributed by atoms with van der Waals surface area (Å²) in [6.07, 6.45) is 3.53. The molecule has 0 bridgehead atoms. The molecule has 0 spiro atoms. The summed E-state index contributed by atoms with van der Waals surface area (Å²) in [5.41, 5.74) is 5.89. The molecule has 7 heteroatoms. The Kier molecular flexibility index (Phi) is 4.74. The van der Waals surface area contributed by atoms with Crippen molar-refractivity contribution in [2.45, 2.75) is 31.7 Å². The second-order valence-electron chi connectivity index (χ2n) is 5.18. The van der Waals surface area contributed by atoms with Gasteiger partial charge in [-0.1, -0.05) is 0 Å². The minimum atomic E-state index is -0.609. The fraction of sp³-hybridized carbons (Fsp3) is 0.500. The fourth-order valence-corrected chi connectivity index (χ4v) is 2.50. The van der Waals surface area contributed by atoms with Crippen molar-refractivity contribution in [3.05, 3.63) is 33.9 Å². The van der Waals surface area contributed by atoms with Crippen molar-refractivity contribution in [2.24, 2.45) is 5.73 Å². The summed E-state index contributed by atoms with van der Waals surface area (Å²) in [5.74, 6) is -0.609. The summed E-state index contributed by atoms with van der Waals surface area (Å²) < 4.78 is 0. The summed E-state index contributed by atoms with van der Waals surface area (Å²) in [4.78, 5) is 24.0. The van der Waals surface area contributed by atoms with Gasteiger partial charge in [0, 0.05) is 30.8 Å². The second kappa shape index (κ2) is 6.53. The van der Waals surface area contributed by atoms with Crippen molar-refractivity contribution in [2.75, 3.05) is 18.1 Å². The van der Waals surface area contributed by atoms with Crippen molar-refractivity contribution < 1.29 is 14.8 Å². The molecule has 0 heterocycles. The van der Waals surface area contributed by atoms with E-state index in [1.165, 1.54) is 18.2 Å². The lowest BCUT2D eigenvalue weighted by atomic mass is 9.90. The number of carbonyl (C=O) groups is 1. The summed E-state index contributed by atoms with van der Waals surface area (Å²) in [5, 5.41) is 20.2. The topological polar surface area (TPSA) is 110 Å². The largest absolute Gasteiger partial charge is 0.396 e. The molecule has 0 aliphatic heterocycles. The number of nitro benzene ring substituents is 1. The molecule has 1 fully saturated rings. The molecule has 0 saturated heterocycles. The summed E-state index contributed by atoms with van der Waals surface area (Å²) in [6, 6.07) is 4.39. The average Bonchev–Trinajstić information content (AvgIpc) is 2.40. The van der Waals surface area contributed by atoms with Crippen LogP contribution in [0.4, 0.5) is 11.4 Å². The third-order valence-electron chi connectivity index (χ3n) is 3.84. The molecule has 1 amide bonds. The number of amides is 1. The minimum Gasteiger partial charge on any atom is -0.396 e. The number of nitro groups is 1. The standard InChI is InChI=1S/C14H19N3O4/c15-14(19)10-5-6-12(17(20)21)13(9-10)16(7-2-8-18)11-3-1-4-11/h5-6,9,11,18H,1-4,7-8H2,(H2,15,19). The number of aliphatic hydroxyl groups is 1. The molecule has 21 heavy (non-hydrogen) atoms. The van der Waals surface area contributed by atoms with E-state index >= 15 is 0 Å². The lowest BCUT2D eigenvalue weighted by Gasteiger charge is -2.39. The number of benzene rings is 1. The fourth-order valence-electron chi connectivity index (χ4n) is 2.50. The molecule has 2 rings (SSSR count). The summed E-state index contributed by atoms with van der Waals surface area (Å²) in [6.45, 7) is 0.538. The van der Waals surface area contributed by atoms with Gasteiger partial charge in [0.05, 0.1) is 4.92 Å². The maximum atomic E-state index is 11.3. The van der Waals surface area contributed by atoms with E-state index in [2.05, 4.69) is 0 Å². The SMILES string of the molecule is NC(=O)c1ccc([N+](=O)[O-])c(N(CCCO)C2CCC2)c1. The van der Waals surface area contributed by atoms with Crippen molar-refractivity contribution >= 4 is 17.3 Å². The molecule has 3 N–H and O–H groups in total. The average molecular weight is 293 g/mol. The highest BCUT2D eigenvalue weighted by atomic mass is 16.6. The molecule has 1 saturated carbocycles. The van der Waals surface area contributed by atoms with E-state index in [-0.39, 0.29) is 23.9 Å². The smallest absolute Gasteiger partial charge is 0.292 e. The monoisotopic (exact) mass is 293 g/mol. The van der Waals surface area contributed by atoms with Crippen LogP contribution in [0.1, 0.15) is 36.0 Å². The van der Waals surface area contributed by atoms with Crippen molar-refractivity contribution in [1.82, 2.24) is 0 Å². The zero-order valence-corrected chi connectivity index (χ0v) is 11.7. The van der Waals surface area contributed by atoms with Gasteiger partial charge in [0.15, 0.2) is 0 Å². The van der Waals surface area contributed by atoms with Gasteiger partial charge >= 0.3 is 0 Å². The van der Waals surface area contributed by atoms with Crippen LogP contribution in [0.25, 0.3) is 0 Å². The third-order valence-corrected chi connectivity index (χ3v) is 3.84. The van der Waals surface area contributed by atoms with Crippen LogP contribution in [0.2, 0.25) is 0 Å². The van der Waals surface area contributed by atoms with Crippen LogP contribution in [0, 0.1) is 10.1 Å². The number of hydrogen-bond donors (Lipinski definition) is 2. The van der Waals surface area contributed by atoms with Gasteiger partial charge in [-0.2, -0.15) is 0 Å². The van der Waals surface area contributed by atoms with Crippen molar-refractivity contribution in [1.29, 1.82) is 0 Å². The van der Waals surface area contributed by atoms with E-state index in [9.17, 15) is 14.9 Å². The quantitative estimate of drug-likeness (QED) is 0.584. The molecule has 1 aromatic carbocycles. The van der Waals surface area contributed by atoms with E-state index < -0.39 is 10.8 Å². The van der Waals surface area contributed by atoms with Crippen LogP contribution in [-0.4, -0.2) is 35.1 Å². The molecule has 0 unspecified atom stereocenters. The molecular formula is C14H19N3O4. The molecule has 1 aromatic rings. The lowest BCUT2D eigenvalue weighted by molar-refractivity contribution is -0.384. The van der Waals surface area contributed by atoms with Gasteiger partial charge in [-0.3, -0.25) is 14.9 Å².